The number of carbonyl (C=O) groups is 1. The minimum Gasteiger partial charge on any atom is -0.481 e. The molecule has 3 saturated carbocycles. The number of benzene rings is 1. The average molecular weight is 492 g/mol. The fourth-order valence-electron chi connectivity index (χ4n) is 6.05. The van der Waals surface area contributed by atoms with Crippen LogP contribution in [0.25, 0.3) is 33.8 Å². The lowest BCUT2D eigenvalue weighted by Crippen LogP contribution is -2.45. The number of aliphatic carboxylic acids is 1. The Labute approximate surface area is 205 Å². The molecule has 0 amide bonds. The number of aromatic nitrogens is 5. The maximum absolute atomic E-state index is 16.0. The van der Waals surface area contributed by atoms with Crippen LogP contribution in [0.3, 0.4) is 0 Å². The van der Waals surface area contributed by atoms with E-state index in [9.17, 15) is 9.90 Å². The molecule has 7 rings (SSSR count). The maximum Gasteiger partial charge on any atom is 0.307 e. The van der Waals surface area contributed by atoms with E-state index in [1.54, 1.807) is 18.3 Å². The number of carboxylic acids is 1. The second-order valence-corrected chi connectivity index (χ2v) is 9.91. The van der Waals surface area contributed by atoms with Gasteiger partial charge in [-0.15, -0.1) is 0 Å². The molecule has 3 aliphatic carbocycles. The van der Waals surface area contributed by atoms with Gasteiger partial charge in [0.15, 0.2) is 17.3 Å². The van der Waals surface area contributed by atoms with Crippen molar-refractivity contribution in [3.63, 3.8) is 0 Å². The Morgan fingerprint density at radius 2 is 1.83 bits per heavy atom. The number of nitrogens with one attached hydrogen (secondary N) is 1. The van der Waals surface area contributed by atoms with Crippen LogP contribution in [0.5, 0.6) is 0 Å². The number of rotatable bonds is 5. The van der Waals surface area contributed by atoms with Gasteiger partial charge in [0.1, 0.15) is 16.4 Å². The highest BCUT2D eigenvalue weighted by Gasteiger charge is 2.47. The van der Waals surface area contributed by atoms with Crippen molar-refractivity contribution in [1.82, 2.24) is 24.9 Å². The summed E-state index contributed by atoms with van der Waals surface area (Å²) in [7, 11) is 0. The number of H-pyrrole nitrogens is 1. The summed E-state index contributed by atoms with van der Waals surface area (Å²) < 4.78 is 16.0. The third-order valence-corrected chi connectivity index (χ3v) is 7.85. The molecule has 3 aromatic heterocycles. The van der Waals surface area contributed by atoms with E-state index in [4.69, 9.17) is 11.6 Å². The van der Waals surface area contributed by atoms with Crippen LogP contribution in [0.15, 0.2) is 42.7 Å². The summed E-state index contributed by atoms with van der Waals surface area (Å²) in [5.74, 6) is -1.21. The number of hydrogen-bond donors (Lipinski definition) is 2. The molecule has 2 unspecified atom stereocenters. The minimum absolute atomic E-state index is 0.145. The van der Waals surface area contributed by atoms with Gasteiger partial charge in [-0.1, -0.05) is 41.9 Å². The van der Waals surface area contributed by atoms with Gasteiger partial charge in [0, 0.05) is 11.8 Å². The molecule has 35 heavy (non-hydrogen) atoms. The Morgan fingerprint density at radius 1 is 1.09 bits per heavy atom. The van der Waals surface area contributed by atoms with Crippen molar-refractivity contribution in [2.45, 2.75) is 32.1 Å². The highest BCUT2D eigenvalue weighted by molar-refractivity contribution is 6.29. The van der Waals surface area contributed by atoms with E-state index in [0.29, 0.717) is 28.1 Å². The van der Waals surface area contributed by atoms with Gasteiger partial charge in [-0.2, -0.15) is 0 Å². The van der Waals surface area contributed by atoms with Crippen LogP contribution in [0.4, 0.5) is 4.39 Å². The van der Waals surface area contributed by atoms with Gasteiger partial charge >= 0.3 is 5.97 Å². The first-order valence-electron chi connectivity index (χ1n) is 11.8. The predicted octanol–water partition coefficient (Wildman–Crippen LogP) is 5.55. The summed E-state index contributed by atoms with van der Waals surface area (Å²) in [6.45, 7) is 0. The molecule has 178 valence electrons. The summed E-state index contributed by atoms with van der Waals surface area (Å²) in [4.78, 5) is 33.1. The Kier molecular flexibility index (Phi) is 5.48. The molecule has 1 aromatic carbocycles. The van der Waals surface area contributed by atoms with Gasteiger partial charge in [0.2, 0.25) is 0 Å². The molecule has 0 saturated heterocycles. The zero-order valence-electron chi connectivity index (χ0n) is 18.8. The number of fused-ring (bicyclic) bond motifs is 4. The van der Waals surface area contributed by atoms with Gasteiger partial charge in [-0.25, -0.2) is 24.3 Å². The van der Waals surface area contributed by atoms with Crippen molar-refractivity contribution in [1.29, 1.82) is 0 Å². The molecule has 7 nitrogen and oxygen atoms in total. The van der Waals surface area contributed by atoms with Crippen LogP contribution in [0, 0.1) is 29.5 Å². The topological polar surface area (TPSA) is 105 Å². The van der Waals surface area contributed by atoms with Crippen LogP contribution in [0.2, 0.25) is 5.15 Å². The van der Waals surface area contributed by atoms with Crippen molar-refractivity contribution < 1.29 is 14.3 Å². The maximum atomic E-state index is 16.0. The Morgan fingerprint density at radius 3 is 2.57 bits per heavy atom. The van der Waals surface area contributed by atoms with Crippen LogP contribution >= 0.6 is 11.6 Å². The van der Waals surface area contributed by atoms with E-state index in [-0.39, 0.29) is 40.7 Å². The van der Waals surface area contributed by atoms with Crippen molar-refractivity contribution in [2.24, 2.45) is 23.7 Å². The third kappa shape index (κ3) is 3.86. The lowest BCUT2D eigenvalue weighted by atomic mass is 9.57. The molecule has 3 aliphatic rings. The molecule has 0 radical (unpaired) electrons. The summed E-state index contributed by atoms with van der Waals surface area (Å²) in [6.07, 6.45) is 7.23. The summed E-state index contributed by atoms with van der Waals surface area (Å²) in [5.41, 5.74) is 2.63. The second-order valence-electron chi connectivity index (χ2n) is 9.52. The van der Waals surface area contributed by atoms with Crippen molar-refractivity contribution in [3.8, 4) is 22.6 Å². The highest BCUT2D eigenvalue weighted by Crippen LogP contribution is 2.50. The molecule has 2 bridgehead atoms. The zero-order chi connectivity index (χ0) is 24.1. The SMILES string of the molecule is O=C(O)C1C2CCC(CC2)C1Cc1nc(-c2c[nH]c3ncc(Cl)nc23)nc(-c2ccccc2)c1F. The molecule has 3 heterocycles. The van der Waals surface area contributed by atoms with Gasteiger partial charge in [0.05, 0.1) is 23.4 Å². The number of hydrogen-bond acceptors (Lipinski definition) is 5. The first-order valence-corrected chi connectivity index (χ1v) is 12.2. The fourth-order valence-corrected chi connectivity index (χ4v) is 6.19. The zero-order valence-corrected chi connectivity index (χ0v) is 19.5. The smallest absolute Gasteiger partial charge is 0.307 e. The quantitative estimate of drug-likeness (QED) is 0.379. The van der Waals surface area contributed by atoms with E-state index < -0.39 is 17.7 Å². The molecule has 4 aromatic rings. The minimum atomic E-state index is -0.788. The number of carboxylic acid groups (broad SMARTS) is 1. The lowest BCUT2D eigenvalue weighted by Gasteiger charge is -2.46. The normalized spacial score (nSPS) is 23.6. The molecule has 2 atom stereocenters. The lowest BCUT2D eigenvalue weighted by molar-refractivity contribution is -0.152. The first kappa shape index (κ1) is 22.1. The average Bonchev–Trinajstić information content (AvgIpc) is 3.29. The van der Waals surface area contributed by atoms with Crippen LogP contribution < -0.4 is 0 Å². The molecular weight excluding hydrogens is 469 g/mol. The molecule has 0 spiro atoms. The van der Waals surface area contributed by atoms with Crippen LogP contribution in [-0.2, 0) is 11.2 Å². The van der Waals surface area contributed by atoms with E-state index in [0.717, 1.165) is 25.7 Å². The first-order chi connectivity index (χ1) is 17.0. The molecule has 2 N–H and O–H groups in total. The Bertz CT molecular complexity index is 1420. The van der Waals surface area contributed by atoms with E-state index in [1.165, 1.54) is 6.20 Å². The van der Waals surface area contributed by atoms with Crippen LogP contribution in [0.1, 0.15) is 31.4 Å². The monoisotopic (exact) mass is 491 g/mol. The molecular formula is C26H23ClFN5O2. The van der Waals surface area contributed by atoms with Crippen LogP contribution in [-0.4, -0.2) is 36.0 Å². The number of halogens is 2. The van der Waals surface area contributed by atoms with E-state index >= 15 is 4.39 Å². The molecule has 3 fully saturated rings. The highest BCUT2D eigenvalue weighted by atomic mass is 35.5. The van der Waals surface area contributed by atoms with E-state index in [2.05, 4.69) is 24.9 Å². The molecule has 0 aliphatic heterocycles. The van der Waals surface area contributed by atoms with Gasteiger partial charge in [-0.05, 0) is 49.9 Å². The van der Waals surface area contributed by atoms with Gasteiger partial charge in [0.25, 0.3) is 0 Å². The van der Waals surface area contributed by atoms with Gasteiger partial charge in [-0.3, -0.25) is 4.79 Å². The summed E-state index contributed by atoms with van der Waals surface area (Å²) in [5, 5.41) is 10.2. The Hall–Kier alpha value is -3.39. The summed E-state index contributed by atoms with van der Waals surface area (Å²) in [6, 6.07) is 9.11. The molecule has 9 heteroatoms. The number of aromatic amines is 1. The number of nitrogens with zero attached hydrogens (tertiary/aromatic N) is 4. The van der Waals surface area contributed by atoms with Gasteiger partial charge < -0.3 is 10.1 Å². The Balaban J connectivity index is 1.50. The van der Waals surface area contributed by atoms with Crippen molar-refractivity contribution >= 4 is 28.7 Å². The van der Waals surface area contributed by atoms with E-state index in [1.807, 2.05) is 18.2 Å². The van der Waals surface area contributed by atoms with Crippen molar-refractivity contribution in [2.75, 3.05) is 0 Å². The standard InChI is InChI=1S/C26H23ClFN5O2/c27-19-12-30-25-23(32-19)17(11-29-25)24-31-18(21(28)22(33-24)15-4-2-1-3-5-15)10-16-13-6-8-14(9-7-13)20(16)26(34)35/h1-5,11-14,16,20H,6-10H2,(H,29,30)(H,34,35). The third-order valence-electron chi connectivity index (χ3n) is 7.66. The summed E-state index contributed by atoms with van der Waals surface area (Å²) >= 11 is 6.09. The van der Waals surface area contributed by atoms with Crippen molar-refractivity contribution in [3.05, 3.63) is 59.4 Å². The largest absolute Gasteiger partial charge is 0.481 e. The second kappa shape index (κ2) is 8.68. The predicted molar refractivity (Wildman–Crippen MR) is 129 cm³/mol. The fraction of sp³-hybridized carbons (Fsp3) is 0.346.